The second-order valence-electron chi connectivity index (χ2n) is 5.36. The summed E-state index contributed by atoms with van der Waals surface area (Å²) in [6.07, 6.45) is 5.21. The van der Waals surface area contributed by atoms with E-state index >= 15 is 0 Å². The van der Waals surface area contributed by atoms with E-state index in [4.69, 9.17) is 5.73 Å². The summed E-state index contributed by atoms with van der Waals surface area (Å²) in [4.78, 5) is 0. The molecule has 2 nitrogen and oxygen atoms in total. The van der Waals surface area contributed by atoms with Gasteiger partial charge in [0.05, 0.1) is 5.60 Å². The van der Waals surface area contributed by atoms with Crippen LogP contribution in [0.1, 0.15) is 36.8 Å². The van der Waals surface area contributed by atoms with E-state index < -0.39 is 5.60 Å². The van der Waals surface area contributed by atoms with Gasteiger partial charge in [0.15, 0.2) is 0 Å². The minimum Gasteiger partial charge on any atom is -0.385 e. The summed E-state index contributed by atoms with van der Waals surface area (Å²) in [7, 11) is 0. The van der Waals surface area contributed by atoms with Crippen LogP contribution < -0.4 is 5.73 Å². The molecule has 0 aromatic heterocycles. The Morgan fingerprint density at radius 2 is 1.94 bits per heavy atom. The second-order valence-corrected chi connectivity index (χ2v) is 5.36. The molecule has 1 aromatic carbocycles. The maximum atomic E-state index is 11.0. The first-order valence-corrected chi connectivity index (χ1v) is 6.23. The van der Waals surface area contributed by atoms with Gasteiger partial charge in [-0.3, -0.25) is 0 Å². The van der Waals surface area contributed by atoms with Crippen molar-refractivity contribution in [3.63, 3.8) is 0 Å². The number of fused-ring (bicyclic) bond motifs is 1. The lowest BCUT2D eigenvalue weighted by Crippen LogP contribution is -2.53. The molecule has 0 spiro atoms. The fraction of sp³-hybridized carbons (Fsp3) is 0.571. The molecule has 2 aliphatic rings. The predicted octanol–water partition coefficient (Wildman–Crippen LogP) is 1.95. The van der Waals surface area contributed by atoms with E-state index in [-0.39, 0.29) is 5.41 Å². The minimum absolute atomic E-state index is 0.0421. The zero-order chi connectivity index (χ0) is 11.2. The lowest BCUT2D eigenvalue weighted by Gasteiger charge is -2.51. The lowest BCUT2D eigenvalue weighted by molar-refractivity contribution is -0.128. The van der Waals surface area contributed by atoms with Crippen LogP contribution in [-0.2, 0) is 12.0 Å². The van der Waals surface area contributed by atoms with Gasteiger partial charge in [-0.25, -0.2) is 0 Å². The van der Waals surface area contributed by atoms with Crippen molar-refractivity contribution in [2.45, 2.75) is 37.7 Å². The zero-order valence-electron chi connectivity index (χ0n) is 9.58. The Labute approximate surface area is 96.5 Å². The summed E-state index contributed by atoms with van der Waals surface area (Å²) in [5.41, 5.74) is 7.68. The molecule has 2 aliphatic carbocycles. The molecule has 0 bridgehead atoms. The molecule has 16 heavy (non-hydrogen) atoms. The van der Waals surface area contributed by atoms with Crippen LogP contribution in [0.2, 0.25) is 0 Å². The summed E-state index contributed by atoms with van der Waals surface area (Å²) in [6, 6.07) is 8.30. The van der Waals surface area contributed by atoms with E-state index in [1.54, 1.807) is 0 Å². The quantitative estimate of drug-likeness (QED) is 0.795. The summed E-state index contributed by atoms with van der Waals surface area (Å²) in [5, 5.41) is 11.0. The molecule has 0 saturated heterocycles. The number of aryl methyl sites for hydroxylation is 1. The number of aliphatic hydroxyl groups is 1. The molecule has 2 heteroatoms. The van der Waals surface area contributed by atoms with Gasteiger partial charge in [-0.2, -0.15) is 0 Å². The van der Waals surface area contributed by atoms with Gasteiger partial charge in [-0.05, 0) is 36.8 Å². The standard InChI is InChI=1S/C14H19NO/c15-10-13(7-3-8-13)14(16)9-6-11-4-1-2-5-12(11)14/h1-2,4-5,16H,3,6-10,15H2. The van der Waals surface area contributed by atoms with Gasteiger partial charge in [0.1, 0.15) is 0 Å². The Bertz CT molecular complexity index is 405. The first-order valence-electron chi connectivity index (χ1n) is 6.23. The van der Waals surface area contributed by atoms with E-state index in [0.29, 0.717) is 6.54 Å². The van der Waals surface area contributed by atoms with Crippen molar-refractivity contribution in [1.29, 1.82) is 0 Å². The molecular weight excluding hydrogens is 198 g/mol. The Hall–Kier alpha value is -0.860. The molecule has 1 atom stereocenters. The van der Waals surface area contributed by atoms with Crippen LogP contribution >= 0.6 is 0 Å². The number of hydrogen-bond donors (Lipinski definition) is 2. The van der Waals surface area contributed by atoms with Gasteiger partial charge in [0.25, 0.3) is 0 Å². The SMILES string of the molecule is NCC1(C2(O)CCc3ccccc32)CCC1. The molecule has 1 aromatic rings. The van der Waals surface area contributed by atoms with Crippen molar-refractivity contribution in [3.05, 3.63) is 35.4 Å². The summed E-state index contributed by atoms with van der Waals surface area (Å²) in [5.74, 6) is 0. The second kappa shape index (κ2) is 3.31. The molecule has 3 rings (SSSR count). The largest absolute Gasteiger partial charge is 0.385 e. The van der Waals surface area contributed by atoms with Crippen molar-refractivity contribution >= 4 is 0 Å². The molecule has 3 N–H and O–H groups in total. The maximum absolute atomic E-state index is 11.0. The molecule has 0 radical (unpaired) electrons. The number of nitrogens with two attached hydrogens (primary N) is 1. The molecule has 0 aliphatic heterocycles. The van der Waals surface area contributed by atoms with Crippen LogP contribution in [-0.4, -0.2) is 11.7 Å². The molecule has 86 valence electrons. The molecule has 1 fully saturated rings. The van der Waals surface area contributed by atoms with E-state index in [0.717, 1.165) is 31.2 Å². The van der Waals surface area contributed by atoms with Gasteiger partial charge >= 0.3 is 0 Å². The first kappa shape index (κ1) is 10.3. The van der Waals surface area contributed by atoms with Crippen molar-refractivity contribution in [2.24, 2.45) is 11.1 Å². The fourth-order valence-electron chi connectivity index (χ4n) is 3.53. The van der Waals surface area contributed by atoms with Crippen LogP contribution in [0.15, 0.2) is 24.3 Å². The third kappa shape index (κ3) is 1.09. The average Bonchev–Trinajstić information content (AvgIpc) is 2.58. The normalized spacial score (nSPS) is 30.9. The summed E-state index contributed by atoms with van der Waals surface area (Å²) >= 11 is 0. The van der Waals surface area contributed by atoms with Crippen molar-refractivity contribution < 1.29 is 5.11 Å². The molecule has 0 heterocycles. The zero-order valence-corrected chi connectivity index (χ0v) is 9.58. The summed E-state index contributed by atoms with van der Waals surface area (Å²) < 4.78 is 0. The van der Waals surface area contributed by atoms with E-state index in [2.05, 4.69) is 18.2 Å². The number of benzene rings is 1. The Balaban J connectivity index is 2.07. The van der Waals surface area contributed by atoms with Gasteiger partial charge in [-0.1, -0.05) is 30.7 Å². The highest BCUT2D eigenvalue weighted by molar-refractivity contribution is 5.39. The highest BCUT2D eigenvalue weighted by atomic mass is 16.3. The number of rotatable bonds is 2. The van der Waals surface area contributed by atoms with Gasteiger partial charge in [0.2, 0.25) is 0 Å². The van der Waals surface area contributed by atoms with Gasteiger partial charge in [-0.15, -0.1) is 0 Å². The Morgan fingerprint density at radius 1 is 1.19 bits per heavy atom. The highest BCUT2D eigenvalue weighted by Crippen LogP contribution is 2.57. The number of hydrogen-bond acceptors (Lipinski definition) is 2. The first-order chi connectivity index (χ1) is 7.72. The van der Waals surface area contributed by atoms with Crippen molar-refractivity contribution in [2.75, 3.05) is 6.54 Å². The van der Waals surface area contributed by atoms with Crippen molar-refractivity contribution in [1.82, 2.24) is 0 Å². The topological polar surface area (TPSA) is 46.2 Å². The van der Waals surface area contributed by atoms with E-state index in [1.807, 2.05) is 6.07 Å². The molecule has 1 saturated carbocycles. The minimum atomic E-state index is -0.656. The van der Waals surface area contributed by atoms with Gasteiger partial charge < -0.3 is 10.8 Å². The fourth-order valence-corrected chi connectivity index (χ4v) is 3.53. The Morgan fingerprint density at radius 3 is 2.56 bits per heavy atom. The lowest BCUT2D eigenvalue weighted by atomic mass is 9.57. The van der Waals surface area contributed by atoms with Crippen LogP contribution in [0.3, 0.4) is 0 Å². The third-order valence-corrected chi connectivity index (χ3v) is 4.80. The maximum Gasteiger partial charge on any atom is 0.0970 e. The van der Waals surface area contributed by atoms with Crippen LogP contribution in [0.4, 0.5) is 0 Å². The smallest absolute Gasteiger partial charge is 0.0970 e. The monoisotopic (exact) mass is 217 g/mol. The third-order valence-electron chi connectivity index (χ3n) is 4.80. The van der Waals surface area contributed by atoms with Crippen molar-refractivity contribution in [3.8, 4) is 0 Å². The predicted molar refractivity (Wildman–Crippen MR) is 64.0 cm³/mol. The highest BCUT2D eigenvalue weighted by Gasteiger charge is 2.56. The molecule has 0 amide bonds. The molecular formula is C14H19NO. The van der Waals surface area contributed by atoms with Crippen LogP contribution in [0.25, 0.3) is 0 Å². The molecule has 1 unspecified atom stereocenters. The van der Waals surface area contributed by atoms with E-state index in [1.165, 1.54) is 12.0 Å². The Kier molecular flexibility index (Phi) is 2.13. The van der Waals surface area contributed by atoms with Crippen LogP contribution in [0.5, 0.6) is 0 Å². The average molecular weight is 217 g/mol. The summed E-state index contributed by atoms with van der Waals surface area (Å²) in [6.45, 7) is 0.609. The van der Waals surface area contributed by atoms with E-state index in [9.17, 15) is 5.11 Å². The van der Waals surface area contributed by atoms with Crippen LogP contribution in [0, 0.1) is 5.41 Å². The van der Waals surface area contributed by atoms with Gasteiger partial charge in [0, 0.05) is 12.0 Å².